The number of amides is 1. The lowest BCUT2D eigenvalue weighted by atomic mass is 10.1. The number of carbonyl (C=O) groups excluding carboxylic acids is 2. The predicted octanol–water partition coefficient (Wildman–Crippen LogP) is 4.61. The molecule has 5 nitrogen and oxygen atoms in total. The number of hydrogen-bond donors (Lipinski definition) is 1. The maximum atomic E-state index is 12.8. The number of rotatable bonds is 4. The highest BCUT2D eigenvalue weighted by molar-refractivity contribution is 7.19. The number of phenols is 1. The van der Waals surface area contributed by atoms with Crippen LogP contribution < -0.4 is 0 Å². The average molecular weight is 416 g/mol. The molecular weight excluding hydrogens is 398 g/mol. The van der Waals surface area contributed by atoms with Crippen LogP contribution in [0.15, 0.2) is 48.5 Å². The number of likely N-dealkylation sites (tertiary alicyclic amines) is 1. The van der Waals surface area contributed by atoms with Crippen LogP contribution in [-0.4, -0.2) is 34.5 Å². The lowest BCUT2D eigenvalue weighted by Gasteiger charge is -2.23. The fourth-order valence-corrected chi connectivity index (χ4v) is 4.86. The van der Waals surface area contributed by atoms with E-state index in [9.17, 15) is 14.7 Å². The lowest BCUT2D eigenvalue weighted by molar-refractivity contribution is -0.149. The lowest BCUT2D eigenvalue weighted by Crippen LogP contribution is -2.41. The Hall–Kier alpha value is -2.57. The van der Waals surface area contributed by atoms with Crippen LogP contribution in [0.2, 0.25) is 5.02 Å². The molecule has 1 N–H and O–H groups in total. The van der Waals surface area contributed by atoms with Gasteiger partial charge < -0.3 is 14.7 Å². The summed E-state index contributed by atoms with van der Waals surface area (Å²) in [6, 6.07) is 13.4. The number of aromatic hydroxyl groups is 1. The van der Waals surface area contributed by atoms with E-state index in [1.807, 2.05) is 24.3 Å². The molecule has 2 heterocycles. The van der Waals surface area contributed by atoms with E-state index in [0.717, 1.165) is 15.0 Å². The zero-order valence-electron chi connectivity index (χ0n) is 14.9. The molecular formula is C21H18ClNO4S. The Morgan fingerprint density at radius 1 is 1.18 bits per heavy atom. The third kappa shape index (κ3) is 3.45. The number of carbonyl (C=O) groups is 2. The van der Waals surface area contributed by atoms with Gasteiger partial charge in [0.1, 0.15) is 18.4 Å². The SMILES string of the molecule is O=C(OCc1sc2ccccc2c1Cl)[C@H]1CCCN1C(=O)c1ccccc1O. The first-order valence-electron chi connectivity index (χ1n) is 8.98. The summed E-state index contributed by atoms with van der Waals surface area (Å²) in [5, 5.41) is 11.5. The normalized spacial score (nSPS) is 16.5. The summed E-state index contributed by atoms with van der Waals surface area (Å²) in [5.41, 5.74) is 0.190. The van der Waals surface area contributed by atoms with E-state index in [1.54, 1.807) is 18.2 Å². The minimum Gasteiger partial charge on any atom is -0.507 e. The molecule has 144 valence electrons. The highest BCUT2D eigenvalue weighted by Gasteiger charge is 2.36. The van der Waals surface area contributed by atoms with E-state index in [4.69, 9.17) is 16.3 Å². The quantitative estimate of drug-likeness (QED) is 0.632. The van der Waals surface area contributed by atoms with Crippen molar-refractivity contribution in [3.63, 3.8) is 0 Å². The van der Waals surface area contributed by atoms with Gasteiger partial charge in [0.15, 0.2) is 0 Å². The van der Waals surface area contributed by atoms with Crippen LogP contribution in [0.5, 0.6) is 5.75 Å². The molecule has 2 aromatic carbocycles. The van der Waals surface area contributed by atoms with Crippen LogP contribution in [0.4, 0.5) is 0 Å². The van der Waals surface area contributed by atoms with Crippen molar-refractivity contribution < 1.29 is 19.4 Å². The standard InChI is InChI=1S/C21H18ClNO4S/c22-19-14-7-2-4-10-17(14)28-18(19)12-27-21(26)15-8-5-11-23(15)20(25)13-6-1-3-9-16(13)24/h1-4,6-7,9-10,15,24H,5,8,11-12H2/t15-/m1/s1. The molecule has 0 spiro atoms. The third-order valence-corrected chi connectivity index (χ3v) is 6.56. The Labute approximate surface area is 171 Å². The summed E-state index contributed by atoms with van der Waals surface area (Å²) in [7, 11) is 0. The maximum Gasteiger partial charge on any atom is 0.329 e. The summed E-state index contributed by atoms with van der Waals surface area (Å²) in [6.07, 6.45) is 1.25. The molecule has 0 unspecified atom stereocenters. The number of halogens is 1. The van der Waals surface area contributed by atoms with Gasteiger partial charge in [-0.05, 0) is 31.0 Å². The largest absolute Gasteiger partial charge is 0.507 e. The molecule has 7 heteroatoms. The van der Waals surface area contributed by atoms with E-state index in [2.05, 4.69) is 0 Å². The number of benzene rings is 2. The Morgan fingerprint density at radius 2 is 1.93 bits per heavy atom. The third-order valence-electron chi connectivity index (χ3n) is 4.87. The molecule has 28 heavy (non-hydrogen) atoms. The van der Waals surface area contributed by atoms with E-state index in [0.29, 0.717) is 24.4 Å². The topological polar surface area (TPSA) is 66.8 Å². The predicted molar refractivity (Wildman–Crippen MR) is 109 cm³/mol. The van der Waals surface area contributed by atoms with E-state index in [1.165, 1.54) is 22.3 Å². The van der Waals surface area contributed by atoms with Gasteiger partial charge in [-0.25, -0.2) is 4.79 Å². The number of esters is 1. The number of nitrogens with zero attached hydrogens (tertiary/aromatic N) is 1. The van der Waals surface area contributed by atoms with Crippen molar-refractivity contribution in [2.24, 2.45) is 0 Å². The van der Waals surface area contributed by atoms with Crippen LogP contribution in [0.3, 0.4) is 0 Å². The molecule has 1 amide bonds. The van der Waals surface area contributed by atoms with Gasteiger partial charge in [0.05, 0.1) is 15.5 Å². The second-order valence-electron chi connectivity index (χ2n) is 6.62. The number of fused-ring (bicyclic) bond motifs is 1. The average Bonchev–Trinajstić information content (AvgIpc) is 3.31. The number of ether oxygens (including phenoxy) is 1. The Morgan fingerprint density at radius 3 is 2.71 bits per heavy atom. The van der Waals surface area contributed by atoms with E-state index >= 15 is 0 Å². The molecule has 0 saturated carbocycles. The van der Waals surface area contributed by atoms with E-state index < -0.39 is 12.0 Å². The van der Waals surface area contributed by atoms with Crippen molar-refractivity contribution in [2.45, 2.75) is 25.5 Å². The second-order valence-corrected chi connectivity index (χ2v) is 8.13. The van der Waals surface area contributed by atoms with Crippen molar-refractivity contribution in [2.75, 3.05) is 6.54 Å². The highest BCUT2D eigenvalue weighted by Crippen LogP contribution is 2.35. The van der Waals surface area contributed by atoms with Crippen molar-refractivity contribution >= 4 is 44.9 Å². The summed E-state index contributed by atoms with van der Waals surface area (Å²) < 4.78 is 6.54. The first-order chi connectivity index (χ1) is 13.6. The molecule has 0 radical (unpaired) electrons. The van der Waals surface area contributed by atoms with Crippen molar-refractivity contribution in [3.05, 3.63) is 64.0 Å². The Balaban J connectivity index is 1.47. The van der Waals surface area contributed by atoms with Crippen molar-refractivity contribution in [1.82, 2.24) is 4.90 Å². The number of para-hydroxylation sites is 1. The number of thiophene rings is 1. The monoisotopic (exact) mass is 415 g/mol. The second kappa shape index (κ2) is 7.81. The van der Waals surface area contributed by atoms with Crippen LogP contribution in [-0.2, 0) is 16.1 Å². The van der Waals surface area contributed by atoms with Crippen LogP contribution >= 0.6 is 22.9 Å². The van der Waals surface area contributed by atoms with Gasteiger partial charge in [-0.2, -0.15) is 0 Å². The number of phenolic OH excluding ortho intramolecular Hbond substituents is 1. The Kier molecular flexibility index (Phi) is 5.24. The van der Waals surface area contributed by atoms with Crippen molar-refractivity contribution in [1.29, 1.82) is 0 Å². The fourth-order valence-electron chi connectivity index (χ4n) is 3.45. The van der Waals surface area contributed by atoms with Gasteiger partial charge in [-0.15, -0.1) is 11.3 Å². The summed E-state index contributed by atoms with van der Waals surface area (Å²) in [4.78, 5) is 27.7. The summed E-state index contributed by atoms with van der Waals surface area (Å²) in [5.74, 6) is -0.907. The van der Waals surface area contributed by atoms with E-state index in [-0.39, 0.29) is 23.8 Å². The molecule has 1 aromatic heterocycles. The minimum absolute atomic E-state index is 0.0755. The Bertz CT molecular complexity index is 1050. The molecule has 1 atom stereocenters. The van der Waals surface area contributed by atoms with Gasteiger partial charge in [0, 0.05) is 16.6 Å². The minimum atomic E-state index is -0.653. The molecule has 3 aromatic rings. The number of hydrogen-bond acceptors (Lipinski definition) is 5. The van der Waals surface area contributed by atoms with Gasteiger partial charge in [-0.1, -0.05) is 41.9 Å². The zero-order chi connectivity index (χ0) is 19.7. The highest BCUT2D eigenvalue weighted by atomic mass is 35.5. The van der Waals surface area contributed by atoms with Gasteiger partial charge in [-0.3, -0.25) is 4.79 Å². The summed E-state index contributed by atoms with van der Waals surface area (Å²) >= 11 is 7.90. The zero-order valence-corrected chi connectivity index (χ0v) is 16.5. The first-order valence-corrected chi connectivity index (χ1v) is 10.2. The first kappa shape index (κ1) is 18.8. The summed E-state index contributed by atoms with van der Waals surface area (Å²) in [6.45, 7) is 0.530. The molecule has 1 saturated heterocycles. The molecule has 1 fully saturated rings. The fraction of sp³-hybridized carbons (Fsp3) is 0.238. The molecule has 0 aliphatic carbocycles. The molecule has 1 aliphatic rings. The van der Waals surface area contributed by atoms with Crippen LogP contribution in [0, 0.1) is 0 Å². The van der Waals surface area contributed by atoms with Gasteiger partial charge in [0.2, 0.25) is 0 Å². The van der Waals surface area contributed by atoms with Crippen LogP contribution in [0.25, 0.3) is 10.1 Å². The molecule has 1 aliphatic heterocycles. The van der Waals surface area contributed by atoms with Crippen LogP contribution in [0.1, 0.15) is 28.1 Å². The van der Waals surface area contributed by atoms with Gasteiger partial charge in [0.25, 0.3) is 5.91 Å². The van der Waals surface area contributed by atoms with Crippen molar-refractivity contribution in [3.8, 4) is 5.75 Å². The smallest absolute Gasteiger partial charge is 0.329 e. The molecule has 4 rings (SSSR count). The van der Waals surface area contributed by atoms with Gasteiger partial charge >= 0.3 is 5.97 Å². The maximum absolute atomic E-state index is 12.8. The molecule has 0 bridgehead atoms.